The van der Waals surface area contributed by atoms with Gasteiger partial charge < -0.3 is 5.73 Å². The summed E-state index contributed by atoms with van der Waals surface area (Å²) in [5, 5.41) is 0. The minimum absolute atomic E-state index is 0.122. The molecular weight excluding hydrogens is 279 g/mol. The molecule has 106 valence electrons. The van der Waals surface area contributed by atoms with Crippen LogP contribution in [0.25, 0.3) is 0 Å². The van der Waals surface area contributed by atoms with Crippen molar-refractivity contribution in [2.75, 3.05) is 4.72 Å². The monoisotopic (exact) mass is 294 g/mol. The van der Waals surface area contributed by atoms with Crippen LogP contribution in [0.15, 0.2) is 47.4 Å². The lowest BCUT2D eigenvalue weighted by Gasteiger charge is -2.10. The second-order valence-electron chi connectivity index (χ2n) is 4.41. The molecule has 0 atom stereocenters. The van der Waals surface area contributed by atoms with Crippen molar-refractivity contribution in [3.63, 3.8) is 0 Å². The van der Waals surface area contributed by atoms with Gasteiger partial charge in [0, 0.05) is 6.54 Å². The van der Waals surface area contributed by atoms with E-state index in [2.05, 4.69) is 4.72 Å². The minimum atomic E-state index is -3.74. The van der Waals surface area contributed by atoms with Gasteiger partial charge in [0.25, 0.3) is 10.0 Å². The third-order valence-corrected chi connectivity index (χ3v) is 4.30. The van der Waals surface area contributed by atoms with Crippen LogP contribution in [-0.2, 0) is 16.6 Å². The van der Waals surface area contributed by atoms with E-state index >= 15 is 0 Å². The maximum Gasteiger partial charge on any atom is 0.261 e. The molecule has 2 aromatic rings. The third kappa shape index (κ3) is 3.15. The van der Waals surface area contributed by atoms with Crippen LogP contribution in [-0.4, -0.2) is 8.42 Å². The van der Waals surface area contributed by atoms with Crippen LogP contribution < -0.4 is 10.5 Å². The van der Waals surface area contributed by atoms with Gasteiger partial charge in [0.05, 0.1) is 10.6 Å². The van der Waals surface area contributed by atoms with Crippen LogP contribution in [0.5, 0.6) is 0 Å². The summed E-state index contributed by atoms with van der Waals surface area (Å²) in [6.07, 6.45) is 0. The number of hydrogen-bond acceptors (Lipinski definition) is 3. The third-order valence-electron chi connectivity index (χ3n) is 2.92. The minimum Gasteiger partial charge on any atom is -0.326 e. The molecule has 0 aromatic heterocycles. The van der Waals surface area contributed by atoms with Crippen LogP contribution in [0.2, 0.25) is 0 Å². The van der Waals surface area contributed by atoms with E-state index in [0.29, 0.717) is 6.54 Å². The first-order valence-corrected chi connectivity index (χ1v) is 7.48. The molecule has 20 heavy (non-hydrogen) atoms. The number of rotatable bonds is 4. The van der Waals surface area contributed by atoms with Gasteiger partial charge in [0.1, 0.15) is 5.82 Å². The van der Waals surface area contributed by atoms with Gasteiger partial charge in [-0.25, -0.2) is 12.8 Å². The average Bonchev–Trinajstić information content (AvgIpc) is 2.38. The number of nitrogens with two attached hydrogens (primary N) is 1. The molecule has 0 aliphatic carbocycles. The molecule has 2 aromatic carbocycles. The van der Waals surface area contributed by atoms with Crippen molar-refractivity contribution in [1.82, 2.24) is 0 Å². The predicted molar refractivity (Wildman–Crippen MR) is 76.3 cm³/mol. The Balaban J connectivity index is 2.33. The number of benzene rings is 2. The molecule has 6 heteroatoms. The molecule has 0 aliphatic rings. The van der Waals surface area contributed by atoms with Crippen molar-refractivity contribution in [2.24, 2.45) is 5.73 Å². The quantitative estimate of drug-likeness (QED) is 0.909. The van der Waals surface area contributed by atoms with Crippen LogP contribution >= 0.6 is 0 Å². The summed E-state index contributed by atoms with van der Waals surface area (Å²) >= 11 is 0. The molecule has 4 nitrogen and oxygen atoms in total. The highest BCUT2D eigenvalue weighted by molar-refractivity contribution is 7.92. The van der Waals surface area contributed by atoms with Gasteiger partial charge in [0.15, 0.2) is 0 Å². The average molecular weight is 294 g/mol. The molecule has 0 amide bonds. The highest BCUT2D eigenvalue weighted by atomic mass is 32.2. The van der Waals surface area contributed by atoms with E-state index in [0.717, 1.165) is 17.2 Å². The number of anilines is 1. The van der Waals surface area contributed by atoms with Crippen LogP contribution in [0.1, 0.15) is 11.1 Å². The molecule has 0 spiro atoms. The van der Waals surface area contributed by atoms with Gasteiger partial charge in [0.2, 0.25) is 0 Å². The fourth-order valence-electron chi connectivity index (χ4n) is 1.83. The second-order valence-corrected chi connectivity index (χ2v) is 6.09. The molecule has 0 bridgehead atoms. The molecule has 0 radical (unpaired) electrons. The smallest absolute Gasteiger partial charge is 0.261 e. The number of aryl methyl sites for hydroxylation is 1. The van der Waals surface area contributed by atoms with Crippen molar-refractivity contribution in [3.8, 4) is 0 Å². The molecule has 0 unspecified atom stereocenters. The first-order valence-electron chi connectivity index (χ1n) is 6.00. The number of halogens is 1. The summed E-state index contributed by atoms with van der Waals surface area (Å²) in [5.74, 6) is -0.500. The van der Waals surface area contributed by atoms with Crippen LogP contribution in [0, 0.1) is 12.7 Å². The lowest BCUT2D eigenvalue weighted by molar-refractivity contribution is 0.601. The molecule has 0 saturated heterocycles. The van der Waals surface area contributed by atoms with Crippen molar-refractivity contribution >= 4 is 15.7 Å². The molecule has 0 saturated carbocycles. The van der Waals surface area contributed by atoms with Crippen LogP contribution in [0.4, 0.5) is 10.1 Å². The Hall–Kier alpha value is -1.92. The Kier molecular flexibility index (Phi) is 4.06. The SMILES string of the molecule is Cc1cc(S(=O)(=O)Nc2cccc(F)c2)ccc1CN. The van der Waals surface area contributed by atoms with Gasteiger partial charge in [-0.15, -0.1) is 0 Å². The zero-order chi connectivity index (χ0) is 14.8. The van der Waals surface area contributed by atoms with Crippen LogP contribution in [0.3, 0.4) is 0 Å². The fraction of sp³-hybridized carbons (Fsp3) is 0.143. The molecule has 0 heterocycles. The summed E-state index contributed by atoms with van der Waals surface area (Å²) in [6.45, 7) is 2.15. The number of nitrogens with one attached hydrogen (secondary N) is 1. The summed E-state index contributed by atoms with van der Waals surface area (Å²) in [7, 11) is -3.74. The van der Waals surface area contributed by atoms with E-state index in [1.165, 1.54) is 24.3 Å². The van der Waals surface area contributed by atoms with E-state index in [1.54, 1.807) is 19.1 Å². The normalized spacial score (nSPS) is 11.3. The molecular formula is C14H15FN2O2S. The van der Waals surface area contributed by atoms with E-state index in [-0.39, 0.29) is 10.6 Å². The Labute approximate surface area is 117 Å². The lowest BCUT2D eigenvalue weighted by atomic mass is 10.1. The summed E-state index contributed by atoms with van der Waals surface area (Å²) in [4.78, 5) is 0.122. The van der Waals surface area contributed by atoms with Gasteiger partial charge >= 0.3 is 0 Å². The lowest BCUT2D eigenvalue weighted by Crippen LogP contribution is -2.13. The zero-order valence-corrected chi connectivity index (χ0v) is 11.7. The maximum atomic E-state index is 13.1. The van der Waals surface area contributed by atoms with E-state index < -0.39 is 15.8 Å². The van der Waals surface area contributed by atoms with Crippen molar-refractivity contribution in [1.29, 1.82) is 0 Å². The maximum absolute atomic E-state index is 13.1. The zero-order valence-electron chi connectivity index (χ0n) is 10.9. The molecule has 0 fully saturated rings. The van der Waals surface area contributed by atoms with Crippen molar-refractivity contribution < 1.29 is 12.8 Å². The highest BCUT2D eigenvalue weighted by Gasteiger charge is 2.15. The van der Waals surface area contributed by atoms with Crippen molar-refractivity contribution in [3.05, 3.63) is 59.4 Å². The summed E-state index contributed by atoms with van der Waals surface area (Å²) in [6, 6.07) is 10.0. The highest BCUT2D eigenvalue weighted by Crippen LogP contribution is 2.19. The molecule has 2 rings (SSSR count). The molecule has 3 N–H and O–H groups in total. The number of hydrogen-bond donors (Lipinski definition) is 2. The standard InChI is InChI=1S/C14H15FN2O2S/c1-10-7-14(6-5-11(10)9-16)20(18,19)17-13-4-2-3-12(15)8-13/h2-8,17H,9,16H2,1H3. The second kappa shape index (κ2) is 5.60. The summed E-state index contributed by atoms with van der Waals surface area (Å²) in [5.41, 5.74) is 7.41. The molecule has 0 aliphatic heterocycles. The summed E-state index contributed by atoms with van der Waals surface area (Å²) < 4.78 is 39.8. The predicted octanol–water partition coefficient (Wildman–Crippen LogP) is 2.39. The van der Waals surface area contributed by atoms with E-state index in [1.807, 2.05) is 0 Å². The first kappa shape index (κ1) is 14.5. The largest absolute Gasteiger partial charge is 0.326 e. The van der Waals surface area contributed by atoms with Gasteiger partial charge in [-0.05, 0) is 48.4 Å². The number of sulfonamides is 1. The van der Waals surface area contributed by atoms with E-state index in [9.17, 15) is 12.8 Å². The Bertz CT molecular complexity index is 730. The Morgan fingerprint density at radius 1 is 1.20 bits per heavy atom. The van der Waals surface area contributed by atoms with Gasteiger partial charge in [-0.2, -0.15) is 0 Å². The Morgan fingerprint density at radius 3 is 2.55 bits per heavy atom. The fourth-order valence-corrected chi connectivity index (χ4v) is 2.96. The van der Waals surface area contributed by atoms with E-state index in [4.69, 9.17) is 5.73 Å². The van der Waals surface area contributed by atoms with Crippen molar-refractivity contribution in [2.45, 2.75) is 18.4 Å². The Morgan fingerprint density at radius 2 is 1.95 bits per heavy atom. The van der Waals surface area contributed by atoms with Gasteiger partial charge in [-0.3, -0.25) is 4.72 Å². The topological polar surface area (TPSA) is 72.2 Å². The van der Waals surface area contributed by atoms with Gasteiger partial charge in [-0.1, -0.05) is 12.1 Å². The first-order chi connectivity index (χ1) is 9.42.